The van der Waals surface area contributed by atoms with E-state index < -0.39 is 0 Å². The number of carbonyl (C=O) groups is 1. The number of hydrogen-bond donors (Lipinski definition) is 0. The van der Waals surface area contributed by atoms with E-state index in [1.165, 1.54) is 0 Å². The molecular formula is C15H11IO2. The van der Waals surface area contributed by atoms with E-state index in [9.17, 15) is 4.79 Å². The Hall–Kier alpha value is -1.36. The summed E-state index contributed by atoms with van der Waals surface area (Å²) < 4.78 is 5.79. The van der Waals surface area contributed by atoms with Crippen molar-refractivity contribution in [3.8, 4) is 5.75 Å². The number of ether oxygens (including phenoxy) is 1. The Morgan fingerprint density at radius 1 is 0.944 bits per heavy atom. The maximum Gasteiger partial charge on any atom is 0.183 e. The summed E-state index contributed by atoms with van der Waals surface area (Å²) >= 11 is 2.17. The smallest absolute Gasteiger partial charge is 0.183 e. The van der Waals surface area contributed by atoms with Crippen LogP contribution in [0.2, 0.25) is 0 Å². The van der Waals surface area contributed by atoms with E-state index in [0.717, 1.165) is 5.56 Å². The van der Waals surface area contributed by atoms with E-state index in [4.69, 9.17) is 4.74 Å². The third-order valence-electron chi connectivity index (χ3n) is 3.05. The first-order chi connectivity index (χ1) is 8.77. The summed E-state index contributed by atoms with van der Waals surface area (Å²) in [5, 5.41) is 0. The third kappa shape index (κ3) is 1.92. The maximum atomic E-state index is 12.3. The SMILES string of the molecule is O=C1c2ccccc2OC(c2ccccc2)C1I. The predicted octanol–water partition coefficient (Wildman–Crippen LogP) is 3.81. The minimum absolute atomic E-state index is 0.145. The van der Waals surface area contributed by atoms with Gasteiger partial charge in [0, 0.05) is 0 Å². The van der Waals surface area contributed by atoms with Gasteiger partial charge in [-0.05, 0) is 17.7 Å². The van der Waals surface area contributed by atoms with Gasteiger partial charge in [-0.25, -0.2) is 0 Å². The van der Waals surface area contributed by atoms with Crippen molar-refractivity contribution in [2.75, 3.05) is 0 Å². The summed E-state index contributed by atoms with van der Waals surface area (Å²) in [5.74, 6) is 0.829. The lowest BCUT2D eigenvalue weighted by Crippen LogP contribution is -2.31. The Balaban J connectivity index is 2.04. The lowest BCUT2D eigenvalue weighted by Gasteiger charge is -2.29. The molecule has 0 radical (unpaired) electrons. The second kappa shape index (κ2) is 4.72. The summed E-state index contributed by atoms with van der Waals surface area (Å²) in [6.07, 6.45) is -0.200. The van der Waals surface area contributed by atoms with Crippen LogP contribution in [0.1, 0.15) is 22.0 Å². The Labute approximate surface area is 119 Å². The number of para-hydroxylation sites is 1. The van der Waals surface area contributed by atoms with Gasteiger partial charge in [0.1, 0.15) is 15.8 Å². The molecule has 2 aromatic carbocycles. The molecule has 2 atom stereocenters. The summed E-state index contributed by atoms with van der Waals surface area (Å²) in [7, 11) is 0. The van der Waals surface area contributed by atoms with E-state index in [1.807, 2.05) is 54.6 Å². The lowest BCUT2D eigenvalue weighted by atomic mass is 9.96. The second-order valence-corrected chi connectivity index (χ2v) is 5.55. The van der Waals surface area contributed by atoms with Gasteiger partial charge in [-0.2, -0.15) is 0 Å². The molecule has 0 spiro atoms. The first kappa shape index (κ1) is 11.7. The van der Waals surface area contributed by atoms with Gasteiger partial charge >= 0.3 is 0 Å². The van der Waals surface area contributed by atoms with Crippen LogP contribution in [-0.4, -0.2) is 9.71 Å². The molecule has 90 valence electrons. The highest BCUT2D eigenvalue weighted by molar-refractivity contribution is 14.1. The largest absolute Gasteiger partial charge is 0.483 e. The topological polar surface area (TPSA) is 26.3 Å². The minimum Gasteiger partial charge on any atom is -0.483 e. The molecule has 0 N–H and O–H groups in total. The number of alkyl halides is 1. The Bertz CT molecular complexity index is 580. The molecular weight excluding hydrogens is 339 g/mol. The normalized spacial score (nSPS) is 22.2. The number of Topliss-reactive ketones (excluding diaryl/α,β-unsaturated/α-hetero) is 1. The number of ketones is 1. The zero-order valence-corrected chi connectivity index (χ0v) is 11.7. The van der Waals surface area contributed by atoms with E-state index in [1.54, 1.807) is 0 Å². The zero-order chi connectivity index (χ0) is 12.5. The average Bonchev–Trinajstić information content (AvgIpc) is 2.44. The second-order valence-electron chi connectivity index (χ2n) is 4.21. The lowest BCUT2D eigenvalue weighted by molar-refractivity contribution is 0.0880. The summed E-state index contributed by atoms with van der Waals surface area (Å²) in [6, 6.07) is 17.3. The predicted molar refractivity (Wildman–Crippen MR) is 78.4 cm³/mol. The van der Waals surface area contributed by atoms with Crippen LogP contribution in [0.3, 0.4) is 0 Å². The summed E-state index contributed by atoms with van der Waals surface area (Å²) in [4.78, 5) is 12.3. The molecule has 1 heterocycles. The monoisotopic (exact) mass is 350 g/mol. The van der Waals surface area contributed by atoms with Crippen molar-refractivity contribution in [1.29, 1.82) is 0 Å². The van der Waals surface area contributed by atoms with E-state index in [-0.39, 0.29) is 15.8 Å². The number of halogens is 1. The van der Waals surface area contributed by atoms with Gasteiger partial charge in [0.15, 0.2) is 5.78 Å². The van der Waals surface area contributed by atoms with Gasteiger partial charge in [-0.15, -0.1) is 0 Å². The van der Waals surface area contributed by atoms with Crippen LogP contribution in [0, 0.1) is 0 Å². The van der Waals surface area contributed by atoms with Crippen molar-refractivity contribution in [2.24, 2.45) is 0 Å². The van der Waals surface area contributed by atoms with Crippen LogP contribution in [0.15, 0.2) is 54.6 Å². The van der Waals surface area contributed by atoms with Crippen LogP contribution in [0.5, 0.6) is 5.75 Å². The minimum atomic E-state index is -0.200. The van der Waals surface area contributed by atoms with E-state index >= 15 is 0 Å². The van der Waals surface area contributed by atoms with Crippen molar-refractivity contribution >= 4 is 28.4 Å². The fraction of sp³-hybridized carbons (Fsp3) is 0.133. The first-order valence-corrected chi connectivity index (χ1v) is 7.01. The fourth-order valence-corrected chi connectivity index (χ4v) is 3.03. The molecule has 3 heteroatoms. The van der Waals surface area contributed by atoms with Gasteiger partial charge < -0.3 is 4.74 Å². The molecule has 18 heavy (non-hydrogen) atoms. The van der Waals surface area contributed by atoms with Crippen molar-refractivity contribution in [3.05, 3.63) is 65.7 Å². The molecule has 0 aliphatic carbocycles. The van der Waals surface area contributed by atoms with Gasteiger partial charge in [0.05, 0.1) is 5.56 Å². The zero-order valence-electron chi connectivity index (χ0n) is 9.55. The Morgan fingerprint density at radius 2 is 1.61 bits per heavy atom. The number of benzene rings is 2. The molecule has 1 aliphatic heterocycles. The number of fused-ring (bicyclic) bond motifs is 1. The van der Waals surface area contributed by atoms with E-state index in [2.05, 4.69) is 22.6 Å². The standard InChI is InChI=1S/C15H11IO2/c16-13-14(17)11-8-4-5-9-12(11)18-15(13)10-6-2-1-3-7-10/h1-9,13,15H. The summed E-state index contributed by atoms with van der Waals surface area (Å²) in [5.41, 5.74) is 1.73. The fourth-order valence-electron chi connectivity index (χ4n) is 2.14. The van der Waals surface area contributed by atoms with Crippen molar-refractivity contribution in [1.82, 2.24) is 0 Å². The Morgan fingerprint density at radius 3 is 2.39 bits per heavy atom. The van der Waals surface area contributed by atoms with Crippen LogP contribution in [0.4, 0.5) is 0 Å². The highest BCUT2D eigenvalue weighted by atomic mass is 127. The highest BCUT2D eigenvalue weighted by Gasteiger charge is 2.35. The van der Waals surface area contributed by atoms with Crippen LogP contribution in [0.25, 0.3) is 0 Å². The molecule has 0 saturated heterocycles. The average molecular weight is 350 g/mol. The maximum absolute atomic E-state index is 12.3. The molecule has 0 amide bonds. The van der Waals surface area contributed by atoms with Gasteiger partial charge in [-0.1, -0.05) is 65.1 Å². The number of carbonyl (C=O) groups excluding carboxylic acids is 1. The molecule has 0 saturated carbocycles. The van der Waals surface area contributed by atoms with Gasteiger partial charge in [-0.3, -0.25) is 4.79 Å². The van der Waals surface area contributed by atoms with Crippen LogP contribution < -0.4 is 4.74 Å². The molecule has 0 fully saturated rings. The molecule has 3 rings (SSSR count). The van der Waals surface area contributed by atoms with Crippen molar-refractivity contribution < 1.29 is 9.53 Å². The van der Waals surface area contributed by atoms with E-state index in [0.29, 0.717) is 11.3 Å². The van der Waals surface area contributed by atoms with Crippen LogP contribution in [-0.2, 0) is 0 Å². The molecule has 0 aromatic heterocycles. The Kier molecular flexibility index (Phi) is 3.07. The van der Waals surface area contributed by atoms with Gasteiger partial charge in [0.25, 0.3) is 0 Å². The van der Waals surface area contributed by atoms with Crippen LogP contribution >= 0.6 is 22.6 Å². The van der Waals surface area contributed by atoms with Crippen molar-refractivity contribution in [2.45, 2.75) is 10.0 Å². The molecule has 2 nitrogen and oxygen atoms in total. The molecule has 1 aliphatic rings. The first-order valence-electron chi connectivity index (χ1n) is 5.76. The van der Waals surface area contributed by atoms with Gasteiger partial charge in [0.2, 0.25) is 0 Å². The molecule has 2 aromatic rings. The summed E-state index contributed by atoms with van der Waals surface area (Å²) in [6.45, 7) is 0. The number of rotatable bonds is 1. The molecule has 0 bridgehead atoms. The highest BCUT2D eigenvalue weighted by Crippen LogP contribution is 2.38. The quantitative estimate of drug-likeness (QED) is 0.578. The number of hydrogen-bond acceptors (Lipinski definition) is 2. The molecule has 2 unspecified atom stereocenters. The van der Waals surface area contributed by atoms with Crippen molar-refractivity contribution in [3.63, 3.8) is 0 Å². The third-order valence-corrected chi connectivity index (χ3v) is 4.27.